The van der Waals surface area contributed by atoms with Crippen molar-refractivity contribution in [2.75, 3.05) is 13.2 Å². The predicted octanol–water partition coefficient (Wildman–Crippen LogP) is 3.21. The van der Waals surface area contributed by atoms with E-state index in [-0.39, 0.29) is 6.10 Å². The van der Waals surface area contributed by atoms with Crippen LogP contribution in [-0.4, -0.2) is 32.9 Å². The van der Waals surface area contributed by atoms with Crippen LogP contribution in [0, 0.1) is 5.92 Å². The second kappa shape index (κ2) is 7.15. The predicted molar refractivity (Wildman–Crippen MR) is 97.4 cm³/mol. The van der Waals surface area contributed by atoms with Crippen molar-refractivity contribution in [1.82, 2.24) is 25.1 Å². The minimum atomic E-state index is 0.110. The SMILES string of the molecule is Cn1c(CNC[C@@H]2CCCO[C@H]2c2cn[nH]c2)nc2ccc(Cl)cc21. The Morgan fingerprint density at radius 2 is 2.36 bits per heavy atom. The fourth-order valence-corrected chi connectivity index (χ4v) is 3.74. The quantitative estimate of drug-likeness (QED) is 0.734. The number of imidazole rings is 1. The fourth-order valence-electron chi connectivity index (χ4n) is 3.58. The Balaban J connectivity index is 1.42. The molecule has 25 heavy (non-hydrogen) atoms. The molecule has 0 bridgehead atoms. The normalized spacial score (nSPS) is 21.0. The largest absolute Gasteiger partial charge is 0.373 e. The zero-order valence-corrected chi connectivity index (χ0v) is 15.0. The van der Waals surface area contributed by atoms with Crippen LogP contribution in [0.3, 0.4) is 0 Å². The average Bonchev–Trinajstić information content (AvgIpc) is 3.25. The molecule has 0 saturated carbocycles. The lowest BCUT2D eigenvalue weighted by molar-refractivity contribution is -0.0279. The Morgan fingerprint density at radius 1 is 1.44 bits per heavy atom. The van der Waals surface area contributed by atoms with Gasteiger partial charge < -0.3 is 14.6 Å². The highest BCUT2D eigenvalue weighted by Gasteiger charge is 2.27. The van der Waals surface area contributed by atoms with Gasteiger partial charge in [-0.25, -0.2) is 4.98 Å². The molecule has 4 rings (SSSR count). The maximum absolute atomic E-state index is 6.09. The third-order valence-electron chi connectivity index (χ3n) is 4.92. The molecule has 0 amide bonds. The van der Waals surface area contributed by atoms with E-state index in [0.29, 0.717) is 5.92 Å². The third-order valence-corrected chi connectivity index (χ3v) is 5.15. The van der Waals surface area contributed by atoms with E-state index in [1.807, 2.05) is 37.6 Å². The van der Waals surface area contributed by atoms with Gasteiger partial charge in [-0.2, -0.15) is 5.10 Å². The molecule has 1 aromatic carbocycles. The van der Waals surface area contributed by atoms with E-state index in [2.05, 4.69) is 20.1 Å². The van der Waals surface area contributed by atoms with Crippen LogP contribution in [-0.2, 0) is 18.3 Å². The Hall–Kier alpha value is -1.89. The summed E-state index contributed by atoms with van der Waals surface area (Å²) >= 11 is 6.09. The van der Waals surface area contributed by atoms with Crippen LogP contribution >= 0.6 is 11.6 Å². The highest BCUT2D eigenvalue weighted by atomic mass is 35.5. The molecule has 2 atom stereocenters. The summed E-state index contributed by atoms with van der Waals surface area (Å²) in [6.45, 7) is 2.43. The Labute approximate surface area is 151 Å². The molecule has 0 aliphatic carbocycles. The van der Waals surface area contributed by atoms with E-state index in [1.54, 1.807) is 0 Å². The van der Waals surface area contributed by atoms with Crippen molar-refractivity contribution in [3.05, 3.63) is 47.0 Å². The van der Waals surface area contributed by atoms with E-state index >= 15 is 0 Å². The van der Waals surface area contributed by atoms with E-state index in [0.717, 1.165) is 60.0 Å². The number of rotatable bonds is 5. The summed E-state index contributed by atoms with van der Waals surface area (Å²) in [6.07, 6.45) is 6.15. The lowest BCUT2D eigenvalue weighted by Gasteiger charge is -2.31. The highest BCUT2D eigenvalue weighted by Crippen LogP contribution is 2.32. The van der Waals surface area contributed by atoms with Crippen molar-refractivity contribution >= 4 is 22.6 Å². The number of nitrogens with one attached hydrogen (secondary N) is 2. The molecule has 2 N–H and O–H groups in total. The molecule has 1 aliphatic heterocycles. The minimum Gasteiger partial charge on any atom is -0.373 e. The number of hydrogen-bond donors (Lipinski definition) is 2. The molecule has 1 fully saturated rings. The average molecular weight is 360 g/mol. The maximum Gasteiger partial charge on any atom is 0.123 e. The van der Waals surface area contributed by atoms with E-state index in [4.69, 9.17) is 21.3 Å². The van der Waals surface area contributed by atoms with Crippen molar-refractivity contribution in [2.24, 2.45) is 13.0 Å². The van der Waals surface area contributed by atoms with Gasteiger partial charge in [0.25, 0.3) is 0 Å². The summed E-state index contributed by atoms with van der Waals surface area (Å²) in [7, 11) is 2.03. The molecule has 3 aromatic rings. The molecule has 7 heteroatoms. The van der Waals surface area contributed by atoms with E-state index in [1.165, 1.54) is 0 Å². The summed E-state index contributed by atoms with van der Waals surface area (Å²) in [5.74, 6) is 1.45. The monoisotopic (exact) mass is 359 g/mol. The number of nitrogens with zero attached hydrogens (tertiary/aromatic N) is 3. The first-order valence-electron chi connectivity index (χ1n) is 8.64. The van der Waals surface area contributed by atoms with Crippen molar-refractivity contribution < 1.29 is 4.74 Å². The number of H-pyrrole nitrogens is 1. The minimum absolute atomic E-state index is 0.110. The van der Waals surface area contributed by atoms with Gasteiger partial charge in [-0.1, -0.05) is 11.6 Å². The van der Waals surface area contributed by atoms with Crippen LogP contribution in [0.4, 0.5) is 0 Å². The van der Waals surface area contributed by atoms with Crippen LogP contribution in [0.2, 0.25) is 5.02 Å². The van der Waals surface area contributed by atoms with Gasteiger partial charge in [0.1, 0.15) is 5.82 Å². The number of ether oxygens (including phenoxy) is 1. The standard InChI is InChI=1S/C18H22ClN5O/c1-24-16-7-14(19)4-5-15(16)23-17(24)11-20-8-12-3-2-6-25-18(12)13-9-21-22-10-13/h4-5,7,9-10,12,18,20H,2-3,6,8,11H2,1H3,(H,21,22)/t12-,18+/m0/s1. The first kappa shape index (κ1) is 16.6. The van der Waals surface area contributed by atoms with Crippen molar-refractivity contribution in [3.8, 4) is 0 Å². The number of aromatic nitrogens is 4. The Morgan fingerprint density at radius 3 is 3.20 bits per heavy atom. The molecule has 132 valence electrons. The number of halogens is 1. The first-order chi connectivity index (χ1) is 12.2. The van der Waals surface area contributed by atoms with Gasteiger partial charge in [0, 0.05) is 42.9 Å². The van der Waals surface area contributed by atoms with Gasteiger partial charge in [-0.3, -0.25) is 5.10 Å². The highest BCUT2D eigenvalue weighted by molar-refractivity contribution is 6.31. The smallest absolute Gasteiger partial charge is 0.123 e. The van der Waals surface area contributed by atoms with Gasteiger partial charge >= 0.3 is 0 Å². The van der Waals surface area contributed by atoms with Gasteiger partial charge in [0.15, 0.2) is 0 Å². The number of aromatic amines is 1. The summed E-state index contributed by atoms with van der Waals surface area (Å²) < 4.78 is 8.08. The molecule has 6 nitrogen and oxygen atoms in total. The molecule has 0 spiro atoms. The molecule has 0 unspecified atom stereocenters. The molecule has 3 heterocycles. The zero-order chi connectivity index (χ0) is 17.2. The summed E-state index contributed by atoms with van der Waals surface area (Å²) in [5.41, 5.74) is 3.16. The lowest BCUT2D eigenvalue weighted by Crippen LogP contribution is -2.32. The molecule has 0 radical (unpaired) electrons. The van der Waals surface area contributed by atoms with E-state index < -0.39 is 0 Å². The lowest BCUT2D eigenvalue weighted by atomic mass is 9.91. The topological polar surface area (TPSA) is 67.8 Å². The molecule has 2 aromatic heterocycles. The van der Waals surface area contributed by atoms with Crippen LogP contribution in [0.15, 0.2) is 30.6 Å². The Kier molecular flexibility index (Phi) is 4.74. The summed E-state index contributed by atoms with van der Waals surface area (Å²) in [4.78, 5) is 4.70. The number of benzene rings is 1. The second-order valence-electron chi connectivity index (χ2n) is 6.58. The third kappa shape index (κ3) is 3.42. The van der Waals surface area contributed by atoms with Gasteiger partial charge in [-0.05, 0) is 31.0 Å². The zero-order valence-electron chi connectivity index (χ0n) is 14.2. The molecular weight excluding hydrogens is 338 g/mol. The Bertz CT molecular complexity index is 845. The molecule has 1 saturated heterocycles. The summed E-state index contributed by atoms with van der Waals surface area (Å²) in [6, 6.07) is 5.80. The van der Waals surface area contributed by atoms with Crippen LogP contribution in [0.5, 0.6) is 0 Å². The van der Waals surface area contributed by atoms with Crippen LogP contribution < -0.4 is 5.32 Å². The molecular formula is C18H22ClN5O. The summed E-state index contributed by atoms with van der Waals surface area (Å²) in [5, 5.41) is 11.2. The van der Waals surface area contributed by atoms with Crippen molar-refractivity contribution in [3.63, 3.8) is 0 Å². The number of hydrogen-bond acceptors (Lipinski definition) is 4. The number of fused-ring (bicyclic) bond motifs is 1. The van der Waals surface area contributed by atoms with Crippen LogP contribution in [0.25, 0.3) is 11.0 Å². The van der Waals surface area contributed by atoms with Crippen molar-refractivity contribution in [2.45, 2.75) is 25.5 Å². The van der Waals surface area contributed by atoms with Crippen LogP contribution in [0.1, 0.15) is 30.3 Å². The van der Waals surface area contributed by atoms with Gasteiger partial charge in [-0.15, -0.1) is 0 Å². The molecule has 1 aliphatic rings. The van der Waals surface area contributed by atoms with Gasteiger partial charge in [0.2, 0.25) is 0 Å². The second-order valence-corrected chi connectivity index (χ2v) is 7.01. The van der Waals surface area contributed by atoms with Gasteiger partial charge in [0.05, 0.1) is 29.9 Å². The maximum atomic E-state index is 6.09. The number of aryl methyl sites for hydroxylation is 1. The first-order valence-corrected chi connectivity index (χ1v) is 9.02. The fraction of sp³-hybridized carbons (Fsp3) is 0.444. The van der Waals surface area contributed by atoms with E-state index in [9.17, 15) is 0 Å². The van der Waals surface area contributed by atoms with Crippen molar-refractivity contribution in [1.29, 1.82) is 0 Å².